The fourth-order valence-electron chi connectivity index (χ4n) is 2.98. The number of carbonyl (C=O) groups is 2. The summed E-state index contributed by atoms with van der Waals surface area (Å²) < 4.78 is 50.4. The van der Waals surface area contributed by atoms with Gasteiger partial charge in [0.1, 0.15) is 0 Å². The van der Waals surface area contributed by atoms with Gasteiger partial charge in [-0.3, -0.25) is 4.79 Å². The molecule has 1 atom stereocenters. The van der Waals surface area contributed by atoms with Crippen molar-refractivity contribution in [1.29, 1.82) is 0 Å². The summed E-state index contributed by atoms with van der Waals surface area (Å²) in [5.74, 6) is -2.29. The molecule has 1 aliphatic rings. The van der Waals surface area contributed by atoms with Crippen molar-refractivity contribution in [3.8, 4) is 0 Å². The van der Waals surface area contributed by atoms with Crippen molar-refractivity contribution in [1.82, 2.24) is 0 Å². The number of halogens is 3. The Balaban J connectivity index is 1.99. The Bertz CT molecular complexity index is 517. The van der Waals surface area contributed by atoms with Gasteiger partial charge in [0.2, 0.25) is 5.78 Å². The van der Waals surface area contributed by atoms with Crippen LogP contribution in [0.3, 0.4) is 0 Å². The van der Waals surface area contributed by atoms with Crippen molar-refractivity contribution in [2.45, 2.75) is 96.3 Å². The lowest BCUT2D eigenvalue weighted by molar-refractivity contribution is -0.193. The highest BCUT2D eigenvalue weighted by Gasteiger charge is 2.38. The lowest BCUT2D eigenvalue weighted by atomic mass is 10.1. The molecule has 0 saturated heterocycles. The molecule has 29 heavy (non-hydrogen) atoms. The number of ether oxygens (including phenoxy) is 3. The average molecular weight is 422 g/mol. The van der Waals surface area contributed by atoms with Gasteiger partial charge in [0.05, 0.1) is 12.7 Å². The van der Waals surface area contributed by atoms with Gasteiger partial charge in [-0.2, -0.15) is 13.2 Å². The van der Waals surface area contributed by atoms with E-state index in [4.69, 9.17) is 9.47 Å². The molecule has 0 aromatic carbocycles. The molecule has 0 fully saturated rings. The van der Waals surface area contributed by atoms with E-state index in [1.54, 1.807) is 0 Å². The molecule has 8 heteroatoms. The predicted octanol–water partition coefficient (Wildman–Crippen LogP) is 5.62. The predicted molar refractivity (Wildman–Crippen MR) is 102 cm³/mol. The zero-order chi connectivity index (χ0) is 21.5. The van der Waals surface area contributed by atoms with Gasteiger partial charge in [0.25, 0.3) is 12.0 Å². The van der Waals surface area contributed by atoms with Crippen LogP contribution in [0.15, 0.2) is 12.0 Å². The van der Waals surface area contributed by atoms with Gasteiger partial charge in [0.15, 0.2) is 6.61 Å². The second-order valence-electron chi connectivity index (χ2n) is 7.32. The first-order chi connectivity index (χ1) is 13.8. The maximum Gasteiger partial charge on any atom is 0.422 e. The van der Waals surface area contributed by atoms with Gasteiger partial charge >= 0.3 is 12.1 Å². The molecule has 1 rings (SSSR count). The van der Waals surface area contributed by atoms with Gasteiger partial charge in [-0.05, 0) is 6.42 Å². The number of ketones is 1. The first kappa shape index (κ1) is 25.3. The maximum atomic E-state index is 12.0. The minimum Gasteiger partial charge on any atom is -0.465 e. The molecule has 0 aliphatic carbocycles. The highest BCUT2D eigenvalue weighted by Crippen LogP contribution is 2.20. The van der Waals surface area contributed by atoms with Crippen molar-refractivity contribution < 1.29 is 37.0 Å². The van der Waals surface area contributed by atoms with E-state index < -0.39 is 30.6 Å². The third kappa shape index (κ3) is 12.4. The molecule has 0 radical (unpaired) electrons. The van der Waals surface area contributed by atoms with Crippen molar-refractivity contribution in [2.75, 3.05) is 13.2 Å². The second kappa shape index (κ2) is 14.3. The van der Waals surface area contributed by atoms with E-state index in [9.17, 15) is 22.8 Å². The summed E-state index contributed by atoms with van der Waals surface area (Å²) in [6.07, 6.45) is 9.08. The van der Waals surface area contributed by atoms with E-state index in [-0.39, 0.29) is 5.95 Å². The maximum absolute atomic E-state index is 12.0. The van der Waals surface area contributed by atoms with Crippen LogP contribution < -0.4 is 0 Å². The Hall–Kier alpha value is -1.73. The monoisotopic (exact) mass is 422 g/mol. The van der Waals surface area contributed by atoms with Crippen LogP contribution in [0.2, 0.25) is 0 Å². The number of carbonyl (C=O) groups excluding carboxylic acids is 2. The molecule has 0 amide bonds. The Kier molecular flexibility index (Phi) is 12.5. The zero-order valence-electron chi connectivity index (χ0n) is 17.2. The quantitative estimate of drug-likeness (QED) is 0.184. The molecule has 0 bridgehead atoms. The number of hydrogen-bond donors (Lipinski definition) is 0. The number of esters is 1. The molecule has 168 valence electrons. The minimum absolute atomic E-state index is 0.146. The lowest BCUT2D eigenvalue weighted by Crippen LogP contribution is -2.32. The Labute approximate surface area is 171 Å². The topological polar surface area (TPSA) is 61.8 Å². The first-order valence-electron chi connectivity index (χ1n) is 10.6. The van der Waals surface area contributed by atoms with Gasteiger partial charge < -0.3 is 14.2 Å². The van der Waals surface area contributed by atoms with E-state index in [1.807, 2.05) is 0 Å². The Morgan fingerprint density at radius 1 is 0.966 bits per heavy atom. The lowest BCUT2D eigenvalue weighted by Gasteiger charge is -2.13. The van der Waals surface area contributed by atoms with Crippen LogP contribution in [-0.2, 0) is 23.8 Å². The SMILES string of the molecule is CCCCCCCCCCCCCCOC1=CC(=O)C(C(=O)OCC(F)(F)F)O1. The third-order valence-corrected chi connectivity index (χ3v) is 4.59. The molecular formula is C21H33F3O5. The summed E-state index contributed by atoms with van der Waals surface area (Å²) in [7, 11) is 0. The molecule has 1 aliphatic heterocycles. The Morgan fingerprint density at radius 3 is 2.00 bits per heavy atom. The third-order valence-electron chi connectivity index (χ3n) is 4.59. The Morgan fingerprint density at radius 2 is 1.48 bits per heavy atom. The summed E-state index contributed by atoms with van der Waals surface area (Å²) in [6, 6.07) is 0. The standard InChI is InChI=1S/C21H33F3O5/c1-2-3-4-5-6-7-8-9-10-11-12-13-14-27-18-15-17(25)19(29-18)20(26)28-16-21(22,23)24/h15,19H,2-14,16H2,1H3. The van der Waals surface area contributed by atoms with E-state index in [0.717, 1.165) is 25.3 Å². The van der Waals surface area contributed by atoms with Gasteiger partial charge in [-0.1, -0.05) is 77.6 Å². The number of unbranched alkanes of at least 4 members (excludes halogenated alkanes) is 11. The average Bonchev–Trinajstić information content (AvgIpc) is 3.03. The van der Waals surface area contributed by atoms with Gasteiger partial charge in [-0.25, -0.2) is 4.79 Å². The summed E-state index contributed by atoms with van der Waals surface area (Å²) in [4.78, 5) is 23.1. The normalized spacial score (nSPS) is 16.5. The van der Waals surface area contributed by atoms with E-state index in [1.165, 1.54) is 57.8 Å². The number of alkyl halides is 3. The summed E-state index contributed by atoms with van der Waals surface area (Å²) in [5.41, 5.74) is 0. The molecule has 5 nitrogen and oxygen atoms in total. The van der Waals surface area contributed by atoms with Crippen LogP contribution in [0.25, 0.3) is 0 Å². The number of hydrogen-bond acceptors (Lipinski definition) is 5. The molecular weight excluding hydrogens is 389 g/mol. The molecule has 1 unspecified atom stereocenters. The largest absolute Gasteiger partial charge is 0.465 e. The van der Waals surface area contributed by atoms with Crippen LogP contribution in [0.5, 0.6) is 0 Å². The van der Waals surface area contributed by atoms with Crippen LogP contribution >= 0.6 is 0 Å². The van der Waals surface area contributed by atoms with Crippen molar-refractivity contribution >= 4 is 11.8 Å². The summed E-state index contributed by atoms with van der Waals surface area (Å²) in [5, 5.41) is 0. The molecule has 0 N–H and O–H groups in total. The van der Waals surface area contributed by atoms with Crippen LogP contribution in [0.1, 0.15) is 84.0 Å². The van der Waals surface area contributed by atoms with Gasteiger partial charge in [0, 0.05) is 0 Å². The van der Waals surface area contributed by atoms with Crippen LogP contribution in [0.4, 0.5) is 13.2 Å². The molecule has 0 aromatic rings. The minimum atomic E-state index is -4.65. The fraction of sp³-hybridized carbons (Fsp3) is 0.810. The van der Waals surface area contributed by atoms with E-state index in [2.05, 4.69) is 11.7 Å². The van der Waals surface area contributed by atoms with Gasteiger partial charge in [-0.15, -0.1) is 0 Å². The fourth-order valence-corrected chi connectivity index (χ4v) is 2.98. The van der Waals surface area contributed by atoms with Crippen molar-refractivity contribution in [2.24, 2.45) is 0 Å². The smallest absolute Gasteiger partial charge is 0.422 e. The molecule has 0 aromatic heterocycles. The van der Waals surface area contributed by atoms with E-state index in [0.29, 0.717) is 6.61 Å². The summed E-state index contributed by atoms with van der Waals surface area (Å²) in [6.45, 7) is 0.784. The molecule has 0 saturated carbocycles. The molecule has 0 spiro atoms. The summed E-state index contributed by atoms with van der Waals surface area (Å²) >= 11 is 0. The molecule has 1 heterocycles. The first-order valence-corrected chi connectivity index (χ1v) is 10.6. The van der Waals surface area contributed by atoms with Crippen LogP contribution in [0, 0.1) is 0 Å². The van der Waals surface area contributed by atoms with Crippen LogP contribution in [-0.4, -0.2) is 37.2 Å². The second-order valence-corrected chi connectivity index (χ2v) is 7.32. The zero-order valence-corrected chi connectivity index (χ0v) is 17.2. The highest BCUT2D eigenvalue weighted by molar-refractivity contribution is 6.09. The van der Waals surface area contributed by atoms with Crippen molar-refractivity contribution in [3.63, 3.8) is 0 Å². The van der Waals surface area contributed by atoms with E-state index >= 15 is 0 Å². The highest BCUT2D eigenvalue weighted by atomic mass is 19.4. The number of rotatable bonds is 16. The van der Waals surface area contributed by atoms with Crippen molar-refractivity contribution in [3.05, 3.63) is 12.0 Å².